The van der Waals surface area contributed by atoms with Crippen LogP contribution >= 0.6 is 27.5 Å². The SMILES string of the molecule is CCCc1noc(CN2CCN(S(=O)(=O)c3ccc(Br)cc3Cl)CC2)n1. The van der Waals surface area contributed by atoms with Crippen molar-refractivity contribution in [3.63, 3.8) is 0 Å². The van der Waals surface area contributed by atoms with E-state index in [4.69, 9.17) is 16.1 Å². The molecule has 1 aromatic heterocycles. The fourth-order valence-corrected chi connectivity index (χ4v) is 5.26. The van der Waals surface area contributed by atoms with Crippen LogP contribution in [0.15, 0.2) is 32.1 Å². The van der Waals surface area contributed by atoms with Crippen LogP contribution < -0.4 is 0 Å². The van der Waals surface area contributed by atoms with E-state index >= 15 is 0 Å². The molecule has 3 rings (SSSR count). The maximum Gasteiger partial charge on any atom is 0.244 e. The van der Waals surface area contributed by atoms with Crippen LogP contribution in [0.2, 0.25) is 5.02 Å². The zero-order valence-corrected chi connectivity index (χ0v) is 17.5. The van der Waals surface area contributed by atoms with Crippen molar-refractivity contribution in [1.29, 1.82) is 0 Å². The monoisotopic (exact) mass is 462 g/mol. The smallest absolute Gasteiger partial charge is 0.244 e. The summed E-state index contributed by atoms with van der Waals surface area (Å²) in [5, 5.41) is 4.16. The van der Waals surface area contributed by atoms with Crippen LogP contribution in [-0.2, 0) is 23.0 Å². The molecular formula is C16H20BrClN4O3S. The number of sulfonamides is 1. The third-order valence-electron chi connectivity index (χ3n) is 4.19. The molecule has 0 N–H and O–H groups in total. The van der Waals surface area contributed by atoms with Gasteiger partial charge in [-0.15, -0.1) is 0 Å². The average Bonchev–Trinajstić information content (AvgIpc) is 3.02. The first-order valence-corrected chi connectivity index (χ1v) is 11.0. The zero-order valence-electron chi connectivity index (χ0n) is 14.4. The normalized spacial score (nSPS) is 16.9. The van der Waals surface area contributed by atoms with Crippen molar-refractivity contribution in [2.75, 3.05) is 26.2 Å². The summed E-state index contributed by atoms with van der Waals surface area (Å²) in [4.78, 5) is 6.60. The number of nitrogens with zero attached hydrogens (tertiary/aromatic N) is 4. The predicted octanol–water partition coefficient (Wildman–Crippen LogP) is 2.94. The zero-order chi connectivity index (χ0) is 18.7. The van der Waals surface area contributed by atoms with Gasteiger partial charge in [0.25, 0.3) is 0 Å². The lowest BCUT2D eigenvalue weighted by Gasteiger charge is -2.33. The highest BCUT2D eigenvalue weighted by molar-refractivity contribution is 9.10. The Morgan fingerprint density at radius 1 is 1.27 bits per heavy atom. The van der Waals surface area contributed by atoms with Crippen LogP contribution in [0.1, 0.15) is 25.1 Å². The van der Waals surface area contributed by atoms with E-state index in [0.717, 1.165) is 17.3 Å². The van der Waals surface area contributed by atoms with Crippen LogP contribution in [0, 0.1) is 0 Å². The number of rotatable bonds is 6. The number of aromatic nitrogens is 2. The van der Waals surface area contributed by atoms with Gasteiger partial charge in [-0.05, 0) is 24.6 Å². The van der Waals surface area contributed by atoms with Crippen molar-refractivity contribution in [3.8, 4) is 0 Å². The van der Waals surface area contributed by atoms with Gasteiger partial charge < -0.3 is 4.52 Å². The summed E-state index contributed by atoms with van der Waals surface area (Å²) in [6.07, 6.45) is 1.76. The molecule has 0 saturated carbocycles. The molecule has 26 heavy (non-hydrogen) atoms. The van der Waals surface area contributed by atoms with Gasteiger partial charge in [-0.2, -0.15) is 9.29 Å². The van der Waals surface area contributed by atoms with E-state index in [1.807, 2.05) is 0 Å². The van der Waals surface area contributed by atoms with Gasteiger partial charge in [0.2, 0.25) is 15.9 Å². The second-order valence-electron chi connectivity index (χ2n) is 6.11. The molecule has 0 radical (unpaired) electrons. The van der Waals surface area contributed by atoms with Crippen LogP contribution in [-0.4, -0.2) is 53.9 Å². The molecule has 1 aliphatic heterocycles. The summed E-state index contributed by atoms with van der Waals surface area (Å²) in [5.41, 5.74) is 0. The second-order valence-corrected chi connectivity index (χ2v) is 9.34. The molecule has 0 bridgehead atoms. The molecule has 1 aromatic carbocycles. The number of benzene rings is 1. The van der Waals surface area contributed by atoms with Crippen molar-refractivity contribution in [2.24, 2.45) is 0 Å². The molecule has 1 aliphatic rings. The molecule has 0 aliphatic carbocycles. The third kappa shape index (κ3) is 4.45. The molecular weight excluding hydrogens is 444 g/mol. The van der Waals surface area contributed by atoms with Gasteiger partial charge in [-0.25, -0.2) is 8.42 Å². The summed E-state index contributed by atoms with van der Waals surface area (Å²) in [7, 11) is -3.61. The minimum Gasteiger partial charge on any atom is -0.338 e. The molecule has 2 heterocycles. The van der Waals surface area contributed by atoms with E-state index in [-0.39, 0.29) is 9.92 Å². The highest BCUT2D eigenvalue weighted by Gasteiger charge is 2.30. The van der Waals surface area contributed by atoms with Crippen molar-refractivity contribution in [3.05, 3.63) is 39.4 Å². The highest BCUT2D eigenvalue weighted by atomic mass is 79.9. The van der Waals surface area contributed by atoms with E-state index in [0.29, 0.717) is 44.4 Å². The van der Waals surface area contributed by atoms with Crippen LogP contribution in [0.3, 0.4) is 0 Å². The second kappa shape index (κ2) is 8.35. The molecule has 0 unspecified atom stereocenters. The summed E-state index contributed by atoms with van der Waals surface area (Å²) in [5.74, 6) is 1.29. The van der Waals surface area contributed by atoms with Gasteiger partial charge in [0.05, 0.1) is 11.6 Å². The summed E-state index contributed by atoms with van der Waals surface area (Å²) >= 11 is 9.41. The molecule has 10 heteroatoms. The van der Waals surface area contributed by atoms with Gasteiger partial charge in [0.1, 0.15) is 4.90 Å². The fraction of sp³-hybridized carbons (Fsp3) is 0.500. The Balaban J connectivity index is 1.62. The number of hydrogen-bond acceptors (Lipinski definition) is 6. The standard InChI is InChI=1S/C16H20BrClN4O3S/c1-2-3-15-19-16(25-20-15)11-21-6-8-22(9-7-21)26(23,24)14-5-4-12(17)10-13(14)18/h4-5,10H,2-3,6-9,11H2,1H3. The van der Waals surface area contributed by atoms with E-state index < -0.39 is 10.0 Å². The van der Waals surface area contributed by atoms with E-state index in [1.54, 1.807) is 12.1 Å². The molecule has 1 fully saturated rings. The van der Waals surface area contributed by atoms with Gasteiger partial charge in [0, 0.05) is 37.1 Å². The maximum atomic E-state index is 12.8. The summed E-state index contributed by atoms with van der Waals surface area (Å²) < 4.78 is 33.1. The number of hydrogen-bond donors (Lipinski definition) is 0. The Labute approximate surface area is 166 Å². The molecule has 0 atom stereocenters. The molecule has 7 nitrogen and oxygen atoms in total. The van der Waals surface area contributed by atoms with E-state index in [2.05, 4.69) is 37.9 Å². The average molecular weight is 464 g/mol. The first kappa shape index (κ1) is 19.8. The fourth-order valence-electron chi connectivity index (χ4n) is 2.82. The highest BCUT2D eigenvalue weighted by Crippen LogP contribution is 2.28. The van der Waals surface area contributed by atoms with Crippen molar-refractivity contribution in [2.45, 2.75) is 31.2 Å². The quantitative estimate of drug-likeness (QED) is 0.655. The van der Waals surface area contributed by atoms with Crippen molar-refractivity contribution in [1.82, 2.24) is 19.3 Å². The number of halogens is 2. The number of piperazine rings is 1. The Morgan fingerprint density at radius 3 is 2.65 bits per heavy atom. The van der Waals surface area contributed by atoms with Gasteiger partial charge in [0.15, 0.2) is 5.82 Å². The lowest BCUT2D eigenvalue weighted by molar-refractivity contribution is 0.163. The predicted molar refractivity (Wildman–Crippen MR) is 101 cm³/mol. The van der Waals surface area contributed by atoms with Crippen molar-refractivity contribution < 1.29 is 12.9 Å². The summed E-state index contributed by atoms with van der Waals surface area (Å²) in [6.45, 7) is 4.57. The van der Waals surface area contributed by atoms with E-state index in [9.17, 15) is 8.42 Å². The molecule has 142 valence electrons. The first-order chi connectivity index (χ1) is 12.4. The third-order valence-corrected chi connectivity index (χ3v) is 7.06. The van der Waals surface area contributed by atoms with Crippen molar-refractivity contribution >= 4 is 37.6 Å². The van der Waals surface area contributed by atoms with E-state index in [1.165, 1.54) is 10.4 Å². The van der Waals surface area contributed by atoms with Crippen LogP contribution in [0.4, 0.5) is 0 Å². The minimum atomic E-state index is -3.61. The Hall–Kier alpha value is -1.00. The molecule has 0 spiro atoms. The van der Waals surface area contributed by atoms with Crippen LogP contribution in [0.25, 0.3) is 0 Å². The topological polar surface area (TPSA) is 79.5 Å². The Morgan fingerprint density at radius 2 is 2.00 bits per heavy atom. The van der Waals surface area contributed by atoms with Gasteiger partial charge in [-0.3, -0.25) is 4.90 Å². The molecule has 1 saturated heterocycles. The van der Waals surface area contributed by atoms with Crippen LogP contribution in [0.5, 0.6) is 0 Å². The molecule has 2 aromatic rings. The largest absolute Gasteiger partial charge is 0.338 e. The summed E-state index contributed by atoms with van der Waals surface area (Å²) in [6, 6.07) is 4.80. The van der Waals surface area contributed by atoms with Gasteiger partial charge >= 0.3 is 0 Å². The lowest BCUT2D eigenvalue weighted by Crippen LogP contribution is -2.48. The van der Waals surface area contributed by atoms with Gasteiger partial charge in [-0.1, -0.05) is 39.6 Å². The first-order valence-electron chi connectivity index (χ1n) is 8.39. The Bertz CT molecular complexity index is 866. The molecule has 0 amide bonds. The maximum absolute atomic E-state index is 12.8. The Kier molecular flexibility index (Phi) is 6.34. The number of aryl methyl sites for hydroxylation is 1. The lowest BCUT2D eigenvalue weighted by atomic mass is 10.3. The minimum absolute atomic E-state index is 0.136.